The second-order valence-corrected chi connectivity index (χ2v) is 8.06. The maximum absolute atomic E-state index is 13.1. The maximum Gasteiger partial charge on any atom is 0.191 e. The number of hydrogen-bond donors (Lipinski definition) is 0. The van der Waals surface area contributed by atoms with Crippen LogP contribution in [0.3, 0.4) is 0 Å². The van der Waals surface area contributed by atoms with E-state index in [2.05, 4.69) is 16.3 Å². The number of benzene rings is 2. The normalized spacial score (nSPS) is 12.2. The molecule has 0 radical (unpaired) electrons. The zero-order valence-corrected chi connectivity index (χ0v) is 16.9. The lowest BCUT2D eigenvalue weighted by Gasteiger charge is -2.13. The maximum atomic E-state index is 13.1. The van der Waals surface area contributed by atoms with Gasteiger partial charge in [-0.1, -0.05) is 17.8 Å². The first-order chi connectivity index (χ1) is 12.8. The van der Waals surface area contributed by atoms with Crippen molar-refractivity contribution in [1.82, 2.24) is 14.8 Å². The number of thioether (sulfide) groups is 1. The summed E-state index contributed by atoms with van der Waals surface area (Å²) >= 11 is 1.38. The van der Waals surface area contributed by atoms with Gasteiger partial charge in [0.2, 0.25) is 0 Å². The summed E-state index contributed by atoms with van der Waals surface area (Å²) in [5.41, 5.74) is 4.81. The molecule has 0 spiro atoms. The quantitative estimate of drug-likeness (QED) is 0.464. The zero-order valence-electron chi connectivity index (χ0n) is 16.1. The predicted octanol–water partition coefficient (Wildman–Crippen LogP) is 4.91. The minimum absolute atomic E-state index is 0.0759. The average Bonchev–Trinajstić information content (AvgIpc) is 2.99. The summed E-state index contributed by atoms with van der Waals surface area (Å²) in [6.07, 6.45) is 0. The topological polar surface area (TPSA) is 47.8 Å². The molecule has 1 atom stereocenters. The first-order valence-electron chi connectivity index (χ1n) is 8.72. The summed E-state index contributed by atoms with van der Waals surface area (Å²) in [5.74, 6) is 0.421. The van der Waals surface area contributed by atoms with Crippen molar-refractivity contribution in [3.8, 4) is 11.4 Å². The Labute approximate surface area is 162 Å². The van der Waals surface area contributed by atoms with Crippen LogP contribution in [0.2, 0.25) is 0 Å². The highest BCUT2D eigenvalue weighted by atomic mass is 32.2. The van der Waals surface area contributed by atoms with Crippen LogP contribution in [0, 0.1) is 26.6 Å². The highest BCUT2D eigenvalue weighted by molar-refractivity contribution is 8.00. The van der Waals surface area contributed by atoms with Gasteiger partial charge in [0.15, 0.2) is 16.8 Å². The molecule has 0 aliphatic carbocycles. The molecule has 0 N–H and O–H groups in total. The highest BCUT2D eigenvalue weighted by Crippen LogP contribution is 2.28. The molecule has 140 valence electrons. The van der Waals surface area contributed by atoms with E-state index < -0.39 is 0 Å². The summed E-state index contributed by atoms with van der Waals surface area (Å²) in [6.45, 7) is 7.91. The van der Waals surface area contributed by atoms with Crippen molar-refractivity contribution >= 4 is 17.5 Å². The number of aromatic nitrogens is 3. The molecular formula is C21H22FN3OS. The molecular weight excluding hydrogens is 361 g/mol. The number of rotatable bonds is 5. The molecule has 1 heterocycles. The van der Waals surface area contributed by atoms with Crippen molar-refractivity contribution in [2.75, 3.05) is 0 Å². The number of carbonyl (C=O) groups is 1. The van der Waals surface area contributed by atoms with Gasteiger partial charge in [0.1, 0.15) is 5.82 Å². The molecule has 0 fully saturated rings. The van der Waals surface area contributed by atoms with Crippen LogP contribution in [0.15, 0.2) is 41.6 Å². The van der Waals surface area contributed by atoms with Crippen LogP contribution in [0.25, 0.3) is 11.4 Å². The van der Waals surface area contributed by atoms with E-state index in [0.29, 0.717) is 11.0 Å². The first kappa shape index (κ1) is 19.3. The molecule has 4 nitrogen and oxygen atoms in total. The number of carbonyl (C=O) groups excluding carboxylic acids is 1. The van der Waals surface area contributed by atoms with E-state index in [1.54, 1.807) is 12.1 Å². The van der Waals surface area contributed by atoms with Gasteiger partial charge in [-0.15, -0.1) is 10.2 Å². The molecule has 0 saturated heterocycles. The van der Waals surface area contributed by atoms with Gasteiger partial charge in [0.25, 0.3) is 0 Å². The van der Waals surface area contributed by atoms with Crippen molar-refractivity contribution in [3.05, 3.63) is 64.5 Å². The summed E-state index contributed by atoms with van der Waals surface area (Å²) < 4.78 is 15.0. The Morgan fingerprint density at radius 1 is 1.04 bits per heavy atom. The molecule has 0 saturated carbocycles. The fraction of sp³-hybridized carbons (Fsp3) is 0.286. The second-order valence-electron chi connectivity index (χ2n) is 6.75. The van der Waals surface area contributed by atoms with Crippen molar-refractivity contribution in [2.45, 2.75) is 38.1 Å². The first-order valence-corrected chi connectivity index (χ1v) is 9.60. The van der Waals surface area contributed by atoms with Crippen LogP contribution in [0.5, 0.6) is 0 Å². The predicted molar refractivity (Wildman–Crippen MR) is 107 cm³/mol. The van der Waals surface area contributed by atoms with E-state index in [0.717, 1.165) is 22.3 Å². The third-order valence-corrected chi connectivity index (χ3v) is 5.83. The lowest BCUT2D eigenvalue weighted by atomic mass is 9.97. The number of ketones is 1. The minimum Gasteiger partial charge on any atom is -0.305 e. The van der Waals surface area contributed by atoms with Gasteiger partial charge in [0, 0.05) is 18.2 Å². The Hall–Kier alpha value is -2.47. The van der Waals surface area contributed by atoms with Crippen LogP contribution in [0.4, 0.5) is 4.39 Å². The Bertz CT molecular complexity index is 995. The van der Waals surface area contributed by atoms with Gasteiger partial charge in [-0.05, 0) is 74.7 Å². The number of aryl methyl sites for hydroxylation is 3. The third kappa shape index (κ3) is 3.95. The van der Waals surface area contributed by atoms with Gasteiger partial charge in [-0.25, -0.2) is 4.39 Å². The minimum atomic E-state index is -0.297. The molecule has 1 unspecified atom stereocenters. The monoisotopic (exact) mass is 383 g/mol. The van der Waals surface area contributed by atoms with E-state index in [9.17, 15) is 9.18 Å². The molecule has 1 aromatic heterocycles. The average molecular weight is 383 g/mol. The van der Waals surface area contributed by atoms with Crippen LogP contribution >= 0.6 is 11.8 Å². The van der Waals surface area contributed by atoms with Gasteiger partial charge < -0.3 is 4.57 Å². The molecule has 6 heteroatoms. The summed E-state index contributed by atoms with van der Waals surface area (Å²) in [4.78, 5) is 12.9. The van der Waals surface area contributed by atoms with E-state index in [-0.39, 0.29) is 16.9 Å². The SMILES string of the molecule is Cc1cc(C)c(C(=O)C(C)Sc2nnc(-c3ccc(F)cc3)n2C)cc1C. The van der Waals surface area contributed by atoms with Gasteiger partial charge in [-0.2, -0.15) is 0 Å². The highest BCUT2D eigenvalue weighted by Gasteiger charge is 2.22. The van der Waals surface area contributed by atoms with E-state index in [1.165, 1.54) is 29.5 Å². The Morgan fingerprint density at radius 3 is 2.33 bits per heavy atom. The standard InChI is InChI=1S/C21H22FN3OS/c1-12-10-14(3)18(11-13(12)2)19(26)15(4)27-21-24-23-20(25(21)5)16-6-8-17(22)9-7-16/h6-11,15H,1-5H3. The van der Waals surface area contributed by atoms with Crippen molar-refractivity contribution < 1.29 is 9.18 Å². The van der Waals surface area contributed by atoms with Crippen LogP contribution in [0.1, 0.15) is 34.0 Å². The van der Waals surface area contributed by atoms with Crippen LogP contribution in [-0.4, -0.2) is 25.8 Å². The number of nitrogens with zero attached hydrogens (tertiary/aromatic N) is 3. The summed E-state index contributed by atoms with van der Waals surface area (Å²) in [5, 5.41) is 8.77. The Morgan fingerprint density at radius 2 is 1.67 bits per heavy atom. The number of Topliss-reactive ketones (excluding diaryl/α,β-unsaturated/α-hetero) is 1. The van der Waals surface area contributed by atoms with E-state index in [4.69, 9.17) is 0 Å². The Kier molecular flexibility index (Phi) is 5.46. The van der Waals surface area contributed by atoms with Crippen LogP contribution < -0.4 is 0 Å². The van der Waals surface area contributed by atoms with E-state index in [1.807, 2.05) is 45.4 Å². The molecule has 2 aromatic carbocycles. The molecule has 0 aliphatic rings. The third-order valence-electron chi connectivity index (χ3n) is 4.69. The lowest BCUT2D eigenvalue weighted by molar-refractivity contribution is 0.0993. The summed E-state index contributed by atoms with van der Waals surface area (Å²) in [7, 11) is 1.85. The molecule has 0 aliphatic heterocycles. The fourth-order valence-electron chi connectivity index (χ4n) is 2.92. The number of hydrogen-bond acceptors (Lipinski definition) is 4. The lowest BCUT2D eigenvalue weighted by Crippen LogP contribution is -2.16. The molecule has 3 aromatic rings. The zero-order chi connectivity index (χ0) is 19.7. The van der Waals surface area contributed by atoms with Gasteiger partial charge in [-0.3, -0.25) is 4.79 Å². The smallest absolute Gasteiger partial charge is 0.191 e. The van der Waals surface area contributed by atoms with E-state index >= 15 is 0 Å². The van der Waals surface area contributed by atoms with Gasteiger partial charge >= 0.3 is 0 Å². The van der Waals surface area contributed by atoms with Crippen molar-refractivity contribution in [2.24, 2.45) is 7.05 Å². The van der Waals surface area contributed by atoms with Crippen molar-refractivity contribution in [3.63, 3.8) is 0 Å². The Balaban J connectivity index is 1.82. The molecule has 0 bridgehead atoms. The summed E-state index contributed by atoms with van der Waals surface area (Å²) in [6, 6.07) is 10.1. The second kappa shape index (κ2) is 7.64. The van der Waals surface area contributed by atoms with Gasteiger partial charge in [0.05, 0.1) is 5.25 Å². The molecule has 0 amide bonds. The fourth-order valence-corrected chi connectivity index (χ4v) is 3.81. The molecule has 27 heavy (non-hydrogen) atoms. The van der Waals surface area contributed by atoms with Crippen LogP contribution in [-0.2, 0) is 7.05 Å². The molecule has 3 rings (SSSR count). The largest absolute Gasteiger partial charge is 0.305 e. The number of halogens is 1. The van der Waals surface area contributed by atoms with Crippen molar-refractivity contribution in [1.29, 1.82) is 0 Å².